The lowest BCUT2D eigenvalue weighted by Gasteiger charge is -2.28. The zero-order valence-electron chi connectivity index (χ0n) is 9.72. The lowest BCUT2D eigenvalue weighted by molar-refractivity contribution is 0.318. The van der Waals surface area contributed by atoms with Crippen LogP contribution in [0.4, 0.5) is 0 Å². The highest BCUT2D eigenvalue weighted by atomic mass is 14.4. The van der Waals surface area contributed by atoms with E-state index in [-0.39, 0.29) is 0 Å². The molecule has 0 aromatic heterocycles. The molecule has 0 nitrogen and oxygen atoms in total. The zero-order valence-corrected chi connectivity index (χ0v) is 9.72. The van der Waals surface area contributed by atoms with Gasteiger partial charge in [0.05, 0.1) is 0 Å². The van der Waals surface area contributed by atoms with E-state index < -0.39 is 0 Å². The molecule has 0 saturated heterocycles. The number of hydrogen-bond donors (Lipinski definition) is 0. The summed E-state index contributed by atoms with van der Waals surface area (Å²) in [7, 11) is 0. The third-order valence-electron chi connectivity index (χ3n) is 3.51. The van der Waals surface area contributed by atoms with Crippen LogP contribution in [0, 0.1) is 12.3 Å². The third kappa shape index (κ3) is 1.47. The zero-order chi connectivity index (χ0) is 10.3. The maximum Gasteiger partial charge on any atom is -0.0105 e. The van der Waals surface area contributed by atoms with Crippen LogP contribution >= 0.6 is 0 Å². The van der Waals surface area contributed by atoms with Gasteiger partial charge in [0.2, 0.25) is 0 Å². The first-order chi connectivity index (χ1) is 6.50. The molecule has 76 valence electrons. The summed E-state index contributed by atoms with van der Waals surface area (Å²) in [6, 6.07) is 6.75. The molecule has 0 N–H and O–H groups in total. The van der Waals surface area contributed by atoms with Gasteiger partial charge in [-0.2, -0.15) is 0 Å². The Kier molecular flexibility index (Phi) is 2.17. The number of rotatable bonds is 0. The van der Waals surface area contributed by atoms with Crippen molar-refractivity contribution in [3.05, 3.63) is 34.9 Å². The van der Waals surface area contributed by atoms with Crippen LogP contribution in [0.1, 0.15) is 49.8 Å². The van der Waals surface area contributed by atoms with Crippen molar-refractivity contribution in [3.63, 3.8) is 0 Å². The molecule has 0 saturated carbocycles. The molecule has 1 unspecified atom stereocenters. The van der Waals surface area contributed by atoms with Crippen LogP contribution in [0.3, 0.4) is 0 Å². The second-order valence-corrected chi connectivity index (χ2v) is 5.60. The minimum Gasteiger partial charge on any atom is -0.0617 e. The van der Waals surface area contributed by atoms with E-state index in [0.29, 0.717) is 5.41 Å². The molecule has 0 bridgehead atoms. The maximum atomic E-state index is 2.36. The highest BCUT2D eigenvalue weighted by Crippen LogP contribution is 2.45. The summed E-state index contributed by atoms with van der Waals surface area (Å²) in [5, 5.41) is 0. The summed E-state index contributed by atoms with van der Waals surface area (Å²) in [5.74, 6) is 0.763. The quantitative estimate of drug-likeness (QED) is 0.575. The van der Waals surface area contributed by atoms with E-state index in [1.807, 2.05) is 0 Å². The van der Waals surface area contributed by atoms with Gasteiger partial charge in [-0.1, -0.05) is 39.0 Å². The first-order valence-electron chi connectivity index (χ1n) is 5.58. The van der Waals surface area contributed by atoms with E-state index >= 15 is 0 Å². The highest BCUT2D eigenvalue weighted by Gasteiger charge is 2.32. The van der Waals surface area contributed by atoms with Crippen molar-refractivity contribution in [1.82, 2.24) is 0 Å². The van der Waals surface area contributed by atoms with Gasteiger partial charge in [-0.05, 0) is 47.8 Å². The highest BCUT2D eigenvalue weighted by molar-refractivity contribution is 5.41. The van der Waals surface area contributed by atoms with Crippen molar-refractivity contribution < 1.29 is 0 Å². The van der Waals surface area contributed by atoms with Gasteiger partial charge in [-0.15, -0.1) is 0 Å². The fourth-order valence-corrected chi connectivity index (χ4v) is 2.77. The van der Waals surface area contributed by atoms with E-state index in [9.17, 15) is 0 Å². The predicted molar refractivity (Wildman–Crippen MR) is 61.7 cm³/mol. The van der Waals surface area contributed by atoms with Crippen LogP contribution in [0.2, 0.25) is 0 Å². The molecular weight excluding hydrogens is 168 g/mol. The van der Waals surface area contributed by atoms with Crippen LogP contribution in [0.5, 0.6) is 0 Å². The van der Waals surface area contributed by atoms with Gasteiger partial charge in [0, 0.05) is 0 Å². The van der Waals surface area contributed by atoms with Crippen molar-refractivity contribution in [2.24, 2.45) is 5.41 Å². The van der Waals surface area contributed by atoms with Crippen molar-refractivity contribution in [2.45, 2.75) is 46.5 Å². The fraction of sp³-hybridized carbons (Fsp3) is 0.571. The van der Waals surface area contributed by atoms with Crippen molar-refractivity contribution >= 4 is 0 Å². The smallest absolute Gasteiger partial charge is 0.0105 e. The lowest BCUT2D eigenvalue weighted by Crippen LogP contribution is -2.16. The largest absolute Gasteiger partial charge is 0.0617 e. The molecule has 0 aliphatic heterocycles. The minimum absolute atomic E-state index is 0.414. The summed E-state index contributed by atoms with van der Waals surface area (Å²) in [6.45, 7) is 9.33. The Bertz CT molecular complexity index is 342. The Morgan fingerprint density at radius 2 is 1.93 bits per heavy atom. The molecule has 1 aliphatic carbocycles. The molecule has 0 fully saturated rings. The topological polar surface area (TPSA) is 0 Å². The van der Waals surface area contributed by atoms with Crippen LogP contribution in [-0.4, -0.2) is 0 Å². The average Bonchev–Trinajstić information content (AvgIpc) is 2.47. The lowest BCUT2D eigenvalue weighted by atomic mass is 9.76. The Morgan fingerprint density at radius 3 is 2.57 bits per heavy atom. The SMILES string of the molecule is Cc1cccc2c1C(C(C)(C)C)CC2. The van der Waals surface area contributed by atoms with Crippen molar-refractivity contribution in [1.29, 1.82) is 0 Å². The van der Waals surface area contributed by atoms with Crippen LogP contribution in [-0.2, 0) is 6.42 Å². The van der Waals surface area contributed by atoms with Gasteiger partial charge in [0.15, 0.2) is 0 Å². The minimum atomic E-state index is 0.414. The van der Waals surface area contributed by atoms with Gasteiger partial charge in [0.25, 0.3) is 0 Å². The summed E-state index contributed by atoms with van der Waals surface area (Å²) in [6.07, 6.45) is 2.61. The number of aryl methyl sites for hydroxylation is 2. The number of fused-ring (bicyclic) bond motifs is 1. The predicted octanol–water partition coefficient (Wildman–Crippen LogP) is 4.07. The molecule has 0 heteroatoms. The van der Waals surface area contributed by atoms with Gasteiger partial charge in [-0.3, -0.25) is 0 Å². The molecule has 14 heavy (non-hydrogen) atoms. The summed E-state index contributed by atoms with van der Waals surface area (Å²) in [4.78, 5) is 0. The maximum absolute atomic E-state index is 2.36. The van der Waals surface area contributed by atoms with Gasteiger partial charge in [0.1, 0.15) is 0 Å². The monoisotopic (exact) mass is 188 g/mol. The van der Waals surface area contributed by atoms with Crippen LogP contribution < -0.4 is 0 Å². The summed E-state index contributed by atoms with van der Waals surface area (Å²) >= 11 is 0. The second kappa shape index (κ2) is 3.12. The van der Waals surface area contributed by atoms with Crippen molar-refractivity contribution in [3.8, 4) is 0 Å². The molecule has 0 heterocycles. The first kappa shape index (κ1) is 9.76. The fourth-order valence-electron chi connectivity index (χ4n) is 2.77. The standard InChI is InChI=1S/C14H20/c1-10-6-5-7-11-8-9-12(13(10)11)14(2,3)4/h5-7,12H,8-9H2,1-4H3. The Morgan fingerprint density at radius 1 is 1.21 bits per heavy atom. The van der Waals surface area contributed by atoms with Gasteiger partial charge < -0.3 is 0 Å². The molecule has 2 rings (SSSR count). The second-order valence-electron chi connectivity index (χ2n) is 5.60. The number of benzene rings is 1. The Labute approximate surface area is 87.3 Å². The molecule has 1 aromatic carbocycles. The first-order valence-corrected chi connectivity index (χ1v) is 5.58. The van der Waals surface area contributed by atoms with Gasteiger partial charge >= 0.3 is 0 Å². The van der Waals surface area contributed by atoms with E-state index in [1.165, 1.54) is 18.4 Å². The summed E-state index contributed by atoms with van der Waals surface area (Å²) < 4.78 is 0. The Hall–Kier alpha value is -0.780. The molecule has 1 aliphatic rings. The molecule has 1 aromatic rings. The molecule has 0 spiro atoms. The summed E-state index contributed by atoms with van der Waals surface area (Å²) in [5.41, 5.74) is 5.13. The average molecular weight is 188 g/mol. The normalized spacial score (nSPS) is 21.0. The number of hydrogen-bond acceptors (Lipinski definition) is 0. The van der Waals surface area contributed by atoms with Crippen LogP contribution in [0.15, 0.2) is 18.2 Å². The van der Waals surface area contributed by atoms with E-state index in [4.69, 9.17) is 0 Å². The van der Waals surface area contributed by atoms with E-state index in [2.05, 4.69) is 45.9 Å². The van der Waals surface area contributed by atoms with E-state index in [1.54, 1.807) is 11.1 Å². The third-order valence-corrected chi connectivity index (χ3v) is 3.51. The van der Waals surface area contributed by atoms with Crippen molar-refractivity contribution in [2.75, 3.05) is 0 Å². The molecule has 0 radical (unpaired) electrons. The Balaban J connectivity index is 2.48. The molecule has 0 amide bonds. The molecular formula is C14H20. The van der Waals surface area contributed by atoms with Gasteiger partial charge in [-0.25, -0.2) is 0 Å². The van der Waals surface area contributed by atoms with E-state index in [0.717, 1.165) is 5.92 Å². The molecule has 1 atom stereocenters. The van der Waals surface area contributed by atoms with Crippen LogP contribution in [0.25, 0.3) is 0 Å².